The molecule has 1 aliphatic rings. The van der Waals surface area contributed by atoms with Crippen LogP contribution in [-0.4, -0.2) is 80.8 Å². The average Bonchev–Trinajstić information content (AvgIpc) is 2.80. The summed E-state index contributed by atoms with van der Waals surface area (Å²) in [6, 6.07) is 16.5. The van der Waals surface area contributed by atoms with Gasteiger partial charge in [0.25, 0.3) is 5.91 Å². The van der Waals surface area contributed by atoms with E-state index in [1.807, 2.05) is 19.9 Å². The van der Waals surface area contributed by atoms with E-state index in [-0.39, 0.29) is 16.8 Å². The minimum Gasteiger partial charge on any atom is -0.351 e. The molecule has 1 N–H and O–H groups in total. The Morgan fingerprint density at radius 1 is 0.969 bits per heavy atom. The van der Waals surface area contributed by atoms with E-state index in [4.69, 9.17) is 0 Å². The first kappa shape index (κ1) is 24.4. The molecule has 32 heavy (non-hydrogen) atoms. The second-order valence-corrected chi connectivity index (χ2v) is 10.5. The molecule has 0 saturated carbocycles. The van der Waals surface area contributed by atoms with Crippen LogP contribution in [0.15, 0.2) is 59.5 Å². The number of nitrogens with one attached hydrogen (secondary N) is 1. The largest absolute Gasteiger partial charge is 0.351 e. The molecule has 0 radical (unpaired) electrons. The highest BCUT2D eigenvalue weighted by molar-refractivity contribution is 7.89. The Morgan fingerprint density at radius 2 is 1.56 bits per heavy atom. The number of hydrogen-bond donors (Lipinski definition) is 1. The van der Waals surface area contributed by atoms with Crippen LogP contribution < -0.4 is 5.32 Å². The summed E-state index contributed by atoms with van der Waals surface area (Å²) in [4.78, 5) is 17.5. The molecule has 0 aromatic heterocycles. The molecular weight excluding hydrogens is 424 g/mol. The van der Waals surface area contributed by atoms with Crippen LogP contribution in [-0.2, 0) is 16.6 Å². The van der Waals surface area contributed by atoms with Crippen LogP contribution in [0.25, 0.3) is 0 Å². The molecule has 1 saturated heterocycles. The molecule has 0 unspecified atom stereocenters. The topological polar surface area (TPSA) is 73.0 Å². The molecule has 0 aliphatic carbocycles. The van der Waals surface area contributed by atoms with Crippen molar-refractivity contribution in [1.29, 1.82) is 0 Å². The van der Waals surface area contributed by atoms with Gasteiger partial charge in [0.1, 0.15) is 0 Å². The van der Waals surface area contributed by atoms with Crippen molar-refractivity contribution in [3.05, 3.63) is 65.7 Å². The van der Waals surface area contributed by atoms with Crippen molar-refractivity contribution < 1.29 is 13.2 Å². The molecule has 0 atom stereocenters. The first-order valence-corrected chi connectivity index (χ1v) is 12.6. The average molecular weight is 459 g/mol. The van der Waals surface area contributed by atoms with E-state index in [0.717, 1.165) is 39.3 Å². The fourth-order valence-electron chi connectivity index (χ4n) is 3.66. The van der Waals surface area contributed by atoms with E-state index in [1.165, 1.54) is 22.0 Å². The van der Waals surface area contributed by atoms with Crippen molar-refractivity contribution in [3.63, 3.8) is 0 Å². The SMILES string of the molecule is CC(C)N(C)S(=O)(=O)c1ccc(C(=O)NCCN2CCN(Cc3ccccc3)CC2)cc1. The first-order chi connectivity index (χ1) is 15.3. The minimum absolute atomic E-state index is 0.136. The normalized spacial score (nSPS) is 15.9. The summed E-state index contributed by atoms with van der Waals surface area (Å²) in [7, 11) is -1.99. The highest BCUT2D eigenvalue weighted by Gasteiger charge is 2.23. The molecule has 2 aromatic rings. The van der Waals surface area contributed by atoms with Crippen molar-refractivity contribution in [2.75, 3.05) is 46.3 Å². The molecule has 1 aliphatic heterocycles. The van der Waals surface area contributed by atoms with Crippen LogP contribution in [0.2, 0.25) is 0 Å². The van der Waals surface area contributed by atoms with Crippen LogP contribution in [0.1, 0.15) is 29.8 Å². The van der Waals surface area contributed by atoms with Gasteiger partial charge in [0.2, 0.25) is 10.0 Å². The lowest BCUT2D eigenvalue weighted by atomic mass is 10.2. The van der Waals surface area contributed by atoms with Gasteiger partial charge in [-0.15, -0.1) is 0 Å². The van der Waals surface area contributed by atoms with E-state index in [0.29, 0.717) is 12.1 Å². The number of amides is 1. The first-order valence-electron chi connectivity index (χ1n) is 11.1. The lowest BCUT2D eigenvalue weighted by molar-refractivity contribution is 0.0934. The van der Waals surface area contributed by atoms with Crippen LogP contribution in [0.5, 0.6) is 0 Å². The number of carbonyl (C=O) groups is 1. The monoisotopic (exact) mass is 458 g/mol. The lowest BCUT2D eigenvalue weighted by Gasteiger charge is -2.34. The summed E-state index contributed by atoms with van der Waals surface area (Å²) in [5.41, 5.74) is 1.80. The maximum atomic E-state index is 12.5. The Kier molecular flexibility index (Phi) is 8.42. The molecule has 3 rings (SSSR count). The Morgan fingerprint density at radius 3 is 2.16 bits per heavy atom. The Balaban J connectivity index is 1.42. The fourth-order valence-corrected chi connectivity index (χ4v) is 5.03. The molecule has 0 bridgehead atoms. The highest BCUT2D eigenvalue weighted by atomic mass is 32.2. The van der Waals surface area contributed by atoms with Gasteiger partial charge in [-0.2, -0.15) is 4.31 Å². The molecule has 8 heteroatoms. The zero-order valence-electron chi connectivity index (χ0n) is 19.2. The van der Waals surface area contributed by atoms with Crippen LogP contribution >= 0.6 is 0 Å². The Hall–Kier alpha value is -2.26. The number of hydrogen-bond acceptors (Lipinski definition) is 5. The molecule has 0 spiro atoms. The van der Waals surface area contributed by atoms with Crippen LogP contribution in [0.4, 0.5) is 0 Å². The number of nitrogens with zero attached hydrogens (tertiary/aromatic N) is 3. The third kappa shape index (κ3) is 6.38. The van der Waals surface area contributed by atoms with Gasteiger partial charge in [-0.25, -0.2) is 8.42 Å². The standard InChI is InChI=1S/C24H34N4O3S/c1-20(2)26(3)32(30,31)23-11-9-22(10-12-23)24(29)25-13-14-27-15-17-28(18-16-27)19-21-7-5-4-6-8-21/h4-12,20H,13-19H2,1-3H3,(H,25,29). The van der Waals surface area contributed by atoms with Gasteiger partial charge in [-0.1, -0.05) is 30.3 Å². The van der Waals surface area contributed by atoms with Gasteiger partial charge in [-0.3, -0.25) is 14.6 Å². The second kappa shape index (κ2) is 11.0. The van der Waals surface area contributed by atoms with E-state index < -0.39 is 10.0 Å². The summed E-state index contributed by atoms with van der Waals surface area (Å²) in [5, 5.41) is 2.94. The van der Waals surface area contributed by atoms with Gasteiger partial charge < -0.3 is 5.32 Å². The maximum Gasteiger partial charge on any atom is 0.251 e. The van der Waals surface area contributed by atoms with E-state index >= 15 is 0 Å². The fraction of sp³-hybridized carbons (Fsp3) is 0.458. The maximum absolute atomic E-state index is 12.5. The van der Waals surface area contributed by atoms with Gasteiger partial charge in [0, 0.05) is 64.5 Å². The van der Waals surface area contributed by atoms with E-state index in [9.17, 15) is 13.2 Å². The van der Waals surface area contributed by atoms with Gasteiger partial charge in [-0.05, 0) is 43.7 Å². The summed E-state index contributed by atoms with van der Waals surface area (Å²) < 4.78 is 26.4. The third-order valence-corrected chi connectivity index (χ3v) is 8.00. The number of carbonyl (C=O) groups excluding carboxylic acids is 1. The number of rotatable bonds is 9. The number of benzene rings is 2. The van der Waals surface area contributed by atoms with E-state index in [1.54, 1.807) is 19.2 Å². The van der Waals surface area contributed by atoms with Crippen LogP contribution in [0, 0.1) is 0 Å². The molecule has 1 heterocycles. The van der Waals surface area contributed by atoms with Gasteiger partial charge in [0.15, 0.2) is 0 Å². The van der Waals surface area contributed by atoms with Gasteiger partial charge in [0.05, 0.1) is 4.90 Å². The van der Waals surface area contributed by atoms with Crippen molar-refractivity contribution in [3.8, 4) is 0 Å². The van der Waals surface area contributed by atoms with Crippen LogP contribution in [0.3, 0.4) is 0 Å². The Bertz CT molecular complexity index is 970. The smallest absolute Gasteiger partial charge is 0.251 e. The summed E-state index contributed by atoms with van der Waals surface area (Å²) in [6.45, 7) is 9.99. The van der Waals surface area contributed by atoms with Gasteiger partial charge >= 0.3 is 0 Å². The highest BCUT2D eigenvalue weighted by Crippen LogP contribution is 2.17. The molecule has 7 nitrogen and oxygen atoms in total. The summed E-state index contributed by atoms with van der Waals surface area (Å²) in [5.74, 6) is -0.186. The predicted octanol–water partition coefficient (Wildman–Crippen LogP) is 2.26. The summed E-state index contributed by atoms with van der Waals surface area (Å²) in [6.07, 6.45) is 0. The lowest BCUT2D eigenvalue weighted by Crippen LogP contribution is -2.48. The summed E-state index contributed by atoms with van der Waals surface area (Å²) >= 11 is 0. The zero-order chi connectivity index (χ0) is 23.1. The zero-order valence-corrected chi connectivity index (χ0v) is 20.0. The molecule has 174 valence electrons. The molecule has 1 fully saturated rings. The van der Waals surface area contributed by atoms with E-state index in [2.05, 4.69) is 39.4 Å². The minimum atomic E-state index is -3.55. The second-order valence-electron chi connectivity index (χ2n) is 8.50. The van der Waals surface area contributed by atoms with Crippen molar-refractivity contribution in [2.24, 2.45) is 0 Å². The van der Waals surface area contributed by atoms with Crippen molar-refractivity contribution in [1.82, 2.24) is 19.4 Å². The van der Waals surface area contributed by atoms with Crippen molar-refractivity contribution in [2.45, 2.75) is 31.3 Å². The molecule has 1 amide bonds. The molecular formula is C24H34N4O3S. The quantitative estimate of drug-likeness (QED) is 0.624. The number of sulfonamides is 1. The Labute approximate surface area is 192 Å². The third-order valence-electron chi connectivity index (χ3n) is 5.95. The van der Waals surface area contributed by atoms with Crippen molar-refractivity contribution >= 4 is 15.9 Å². The predicted molar refractivity (Wildman–Crippen MR) is 127 cm³/mol. The number of piperazine rings is 1. The molecule has 2 aromatic carbocycles.